The van der Waals surface area contributed by atoms with Gasteiger partial charge in [-0.25, -0.2) is 4.79 Å². The molecule has 0 aliphatic heterocycles. The van der Waals surface area contributed by atoms with Crippen molar-refractivity contribution in [1.82, 2.24) is 0 Å². The molecule has 3 heteroatoms. The highest BCUT2D eigenvalue weighted by molar-refractivity contribution is 5.88. The van der Waals surface area contributed by atoms with Crippen LogP contribution in [0.25, 0.3) is 0 Å². The maximum atomic E-state index is 11.7. The number of carbonyl (C=O) groups is 1. The van der Waals surface area contributed by atoms with Gasteiger partial charge in [0.2, 0.25) is 0 Å². The van der Waals surface area contributed by atoms with Gasteiger partial charge in [0.05, 0.1) is 0 Å². The number of rotatable bonds is 11. The van der Waals surface area contributed by atoms with E-state index in [1.54, 1.807) is 13.0 Å². The maximum Gasteiger partial charge on any atom is 0.333 e. The van der Waals surface area contributed by atoms with E-state index in [0.29, 0.717) is 12.1 Å². The molecule has 35 heavy (non-hydrogen) atoms. The van der Waals surface area contributed by atoms with Gasteiger partial charge < -0.3 is 10.5 Å². The number of carbonyl (C=O) groups excluding carboxylic acids is 1. The third kappa shape index (κ3) is 12.4. The van der Waals surface area contributed by atoms with Crippen molar-refractivity contribution in [2.45, 2.75) is 67.7 Å². The highest BCUT2D eigenvalue weighted by Gasteiger charge is 2.26. The molecule has 0 unspecified atom stereocenters. The smallest absolute Gasteiger partial charge is 0.333 e. The van der Waals surface area contributed by atoms with Crippen molar-refractivity contribution in [3.8, 4) is 0 Å². The normalized spacial score (nSPS) is 18.6. The Morgan fingerprint density at radius 3 is 2.00 bits per heavy atom. The van der Waals surface area contributed by atoms with E-state index in [0.717, 1.165) is 5.57 Å². The molecule has 0 fully saturated rings. The highest BCUT2D eigenvalue weighted by Crippen LogP contribution is 2.40. The van der Waals surface area contributed by atoms with E-state index in [9.17, 15) is 4.79 Å². The van der Waals surface area contributed by atoms with Crippen LogP contribution in [-0.2, 0) is 9.53 Å². The SMILES string of the molecule is CC1=C(/C=C/C(C)=C/C=C/C(C)=C/C=C/C=C(C)/C=C/C=C(\C)C(=O)OCCN)C(C)(C)CCC1. The summed E-state index contributed by atoms with van der Waals surface area (Å²) in [6, 6.07) is 0. The lowest BCUT2D eigenvalue weighted by molar-refractivity contribution is -0.138. The zero-order valence-electron chi connectivity index (χ0n) is 22.9. The lowest BCUT2D eigenvalue weighted by Gasteiger charge is -2.32. The first-order valence-electron chi connectivity index (χ1n) is 12.5. The molecule has 0 aromatic rings. The van der Waals surface area contributed by atoms with Crippen LogP contribution in [0, 0.1) is 5.41 Å². The molecule has 0 aromatic carbocycles. The highest BCUT2D eigenvalue weighted by atomic mass is 16.5. The minimum Gasteiger partial charge on any atom is -0.461 e. The van der Waals surface area contributed by atoms with Crippen molar-refractivity contribution in [2.24, 2.45) is 11.1 Å². The second-order valence-corrected chi connectivity index (χ2v) is 9.87. The van der Waals surface area contributed by atoms with Crippen molar-refractivity contribution >= 4 is 5.97 Å². The van der Waals surface area contributed by atoms with Crippen LogP contribution in [-0.4, -0.2) is 19.1 Å². The minimum absolute atomic E-state index is 0.239. The summed E-state index contributed by atoms with van der Waals surface area (Å²) in [5.74, 6) is -0.336. The Labute approximate surface area is 213 Å². The number of hydrogen-bond donors (Lipinski definition) is 1. The fraction of sp³-hybridized carbons (Fsp3) is 0.406. The van der Waals surface area contributed by atoms with Gasteiger partial charge in [-0.3, -0.25) is 0 Å². The van der Waals surface area contributed by atoms with Crippen LogP contribution >= 0.6 is 0 Å². The second kappa shape index (κ2) is 15.9. The summed E-state index contributed by atoms with van der Waals surface area (Å²) in [5.41, 5.74) is 12.7. The second-order valence-electron chi connectivity index (χ2n) is 9.87. The molecule has 0 radical (unpaired) electrons. The van der Waals surface area contributed by atoms with E-state index in [1.807, 2.05) is 37.3 Å². The van der Waals surface area contributed by atoms with Gasteiger partial charge in [-0.2, -0.15) is 0 Å². The third-order valence-corrected chi connectivity index (χ3v) is 5.98. The van der Waals surface area contributed by atoms with Crippen molar-refractivity contribution in [3.05, 3.63) is 106 Å². The third-order valence-electron chi connectivity index (χ3n) is 5.98. The molecule has 0 aromatic heterocycles. The summed E-state index contributed by atoms with van der Waals surface area (Å²) in [5, 5.41) is 0. The van der Waals surface area contributed by atoms with Gasteiger partial charge in [0.15, 0.2) is 0 Å². The number of esters is 1. The largest absolute Gasteiger partial charge is 0.461 e. The average Bonchev–Trinajstić information content (AvgIpc) is 2.79. The van der Waals surface area contributed by atoms with Crippen LogP contribution in [0.15, 0.2) is 106 Å². The quantitative estimate of drug-likeness (QED) is 0.187. The summed E-state index contributed by atoms with van der Waals surface area (Å²) in [4.78, 5) is 11.7. The molecule has 3 nitrogen and oxygen atoms in total. The zero-order chi connectivity index (χ0) is 26.3. The Morgan fingerprint density at radius 1 is 0.886 bits per heavy atom. The zero-order valence-corrected chi connectivity index (χ0v) is 22.9. The Balaban J connectivity index is 2.62. The number of ether oxygens (including phenoxy) is 1. The lowest BCUT2D eigenvalue weighted by Crippen LogP contribution is -2.19. The van der Waals surface area contributed by atoms with Gasteiger partial charge in [-0.05, 0) is 64.9 Å². The summed E-state index contributed by atoms with van der Waals surface area (Å²) >= 11 is 0. The van der Waals surface area contributed by atoms with E-state index < -0.39 is 0 Å². The number of nitrogens with two attached hydrogens (primary N) is 1. The topological polar surface area (TPSA) is 52.3 Å². The average molecular weight is 476 g/mol. The van der Waals surface area contributed by atoms with E-state index >= 15 is 0 Å². The standard InChI is InChI=1S/C32H45NO2/c1-25(13-8-9-14-26(2)17-11-18-29(5)31(34)35-24-23-33)15-10-16-27(3)20-21-30-28(4)19-12-22-32(30,6)7/h8-11,13-18,20-21H,12,19,22-24,33H2,1-7H3/b9-8+,15-10+,17-11+,21-20+,25-13+,26-14+,27-16+,29-18+. The minimum atomic E-state index is -0.336. The molecular weight excluding hydrogens is 430 g/mol. The first-order valence-corrected chi connectivity index (χ1v) is 12.5. The van der Waals surface area contributed by atoms with Crippen LogP contribution in [0.2, 0.25) is 0 Å². The van der Waals surface area contributed by atoms with E-state index in [-0.39, 0.29) is 18.0 Å². The van der Waals surface area contributed by atoms with Crippen LogP contribution in [0.1, 0.15) is 67.7 Å². The molecule has 0 atom stereocenters. The van der Waals surface area contributed by atoms with Crippen LogP contribution in [0.5, 0.6) is 0 Å². The monoisotopic (exact) mass is 475 g/mol. The van der Waals surface area contributed by atoms with Gasteiger partial charge in [0, 0.05) is 12.1 Å². The number of allylic oxidation sites excluding steroid dienone is 17. The van der Waals surface area contributed by atoms with E-state index in [2.05, 4.69) is 71.1 Å². The molecule has 0 spiro atoms. The van der Waals surface area contributed by atoms with Crippen LogP contribution < -0.4 is 5.73 Å². The molecule has 2 N–H and O–H groups in total. The fourth-order valence-electron chi connectivity index (χ4n) is 3.84. The van der Waals surface area contributed by atoms with Crippen LogP contribution in [0.4, 0.5) is 0 Å². The van der Waals surface area contributed by atoms with E-state index in [1.165, 1.54) is 41.6 Å². The van der Waals surface area contributed by atoms with Gasteiger partial charge in [-0.15, -0.1) is 0 Å². The molecule has 190 valence electrons. The van der Waals surface area contributed by atoms with Gasteiger partial charge in [0.1, 0.15) is 6.61 Å². The first-order chi connectivity index (χ1) is 16.6. The molecule has 0 saturated heterocycles. The Kier molecular flexibility index (Phi) is 13.7. The summed E-state index contributed by atoms with van der Waals surface area (Å²) in [6.07, 6.45) is 28.4. The Morgan fingerprint density at radius 2 is 1.43 bits per heavy atom. The van der Waals surface area contributed by atoms with Gasteiger partial charge in [0.25, 0.3) is 0 Å². The van der Waals surface area contributed by atoms with Crippen LogP contribution in [0.3, 0.4) is 0 Å². The molecule has 0 amide bonds. The van der Waals surface area contributed by atoms with Crippen molar-refractivity contribution in [2.75, 3.05) is 13.2 Å². The fourth-order valence-corrected chi connectivity index (χ4v) is 3.84. The van der Waals surface area contributed by atoms with Crippen molar-refractivity contribution in [1.29, 1.82) is 0 Å². The molecule has 0 saturated carbocycles. The molecule has 0 heterocycles. The molecule has 1 rings (SSSR count). The molecule has 1 aliphatic carbocycles. The van der Waals surface area contributed by atoms with E-state index in [4.69, 9.17) is 10.5 Å². The van der Waals surface area contributed by atoms with Gasteiger partial charge >= 0.3 is 5.97 Å². The lowest BCUT2D eigenvalue weighted by atomic mass is 9.72. The molecule has 1 aliphatic rings. The molecular formula is C32H45NO2. The molecule has 0 bridgehead atoms. The van der Waals surface area contributed by atoms with Crippen molar-refractivity contribution in [3.63, 3.8) is 0 Å². The predicted octanol–water partition coefficient (Wildman–Crippen LogP) is 8.02. The first kappa shape index (κ1) is 30.1. The van der Waals surface area contributed by atoms with Gasteiger partial charge in [-0.1, -0.05) is 109 Å². The Bertz CT molecular complexity index is 989. The maximum absolute atomic E-state index is 11.7. The summed E-state index contributed by atoms with van der Waals surface area (Å²) in [7, 11) is 0. The number of hydrogen-bond acceptors (Lipinski definition) is 3. The Hall–Kier alpha value is -2.91. The predicted molar refractivity (Wildman–Crippen MR) is 152 cm³/mol. The summed E-state index contributed by atoms with van der Waals surface area (Å²) in [6.45, 7) is 15.5. The summed E-state index contributed by atoms with van der Waals surface area (Å²) < 4.78 is 4.99. The van der Waals surface area contributed by atoms with Crippen molar-refractivity contribution < 1.29 is 9.53 Å².